The van der Waals surface area contributed by atoms with Gasteiger partial charge in [-0.05, 0) is 39.0 Å². The number of nitrogens with zero attached hydrogens (tertiary/aromatic N) is 2. The van der Waals surface area contributed by atoms with Crippen molar-refractivity contribution in [3.8, 4) is 0 Å². The zero-order valence-corrected chi connectivity index (χ0v) is 8.78. The van der Waals surface area contributed by atoms with Gasteiger partial charge in [0.25, 0.3) is 0 Å². The quantitative estimate of drug-likeness (QED) is 0.747. The largest absolute Gasteiger partial charge is 0.380 e. The van der Waals surface area contributed by atoms with Crippen molar-refractivity contribution in [2.24, 2.45) is 0 Å². The summed E-state index contributed by atoms with van der Waals surface area (Å²) >= 11 is 0. The first kappa shape index (κ1) is 9.06. The van der Waals surface area contributed by atoms with E-state index in [1.165, 1.54) is 0 Å². The lowest BCUT2D eigenvalue weighted by Crippen LogP contribution is -2.25. The van der Waals surface area contributed by atoms with Crippen LogP contribution in [0.1, 0.15) is 20.8 Å². The third-order valence-corrected chi connectivity index (χ3v) is 1.92. The Labute approximate surface area is 83.7 Å². The molecule has 2 aromatic rings. The molecule has 0 amide bonds. The molecule has 0 saturated heterocycles. The van der Waals surface area contributed by atoms with Crippen LogP contribution < -0.4 is 5.32 Å². The Morgan fingerprint density at radius 1 is 1.29 bits per heavy atom. The van der Waals surface area contributed by atoms with Crippen molar-refractivity contribution in [3.63, 3.8) is 0 Å². The van der Waals surface area contributed by atoms with Gasteiger partial charge in [0, 0.05) is 23.6 Å². The van der Waals surface area contributed by atoms with Gasteiger partial charge < -0.3 is 5.32 Å². The van der Waals surface area contributed by atoms with Crippen molar-refractivity contribution < 1.29 is 0 Å². The molecule has 0 fully saturated rings. The van der Waals surface area contributed by atoms with E-state index in [0.717, 1.165) is 11.2 Å². The Kier molecular flexibility index (Phi) is 1.95. The summed E-state index contributed by atoms with van der Waals surface area (Å²) in [4.78, 5) is 0. The molecule has 74 valence electrons. The van der Waals surface area contributed by atoms with Crippen molar-refractivity contribution in [1.82, 2.24) is 9.61 Å². The van der Waals surface area contributed by atoms with Gasteiger partial charge >= 0.3 is 0 Å². The summed E-state index contributed by atoms with van der Waals surface area (Å²) in [5.74, 6) is 0. The molecule has 0 saturated carbocycles. The minimum Gasteiger partial charge on any atom is -0.380 e. The Morgan fingerprint density at radius 3 is 2.79 bits per heavy atom. The molecule has 0 unspecified atom stereocenters. The highest BCUT2D eigenvalue weighted by molar-refractivity contribution is 5.58. The third kappa shape index (κ3) is 1.87. The fraction of sp³-hybridized carbons (Fsp3) is 0.364. The summed E-state index contributed by atoms with van der Waals surface area (Å²) in [5.41, 5.74) is 2.34. The number of pyridine rings is 1. The molecular formula is C11H15N3. The maximum atomic E-state index is 4.15. The summed E-state index contributed by atoms with van der Waals surface area (Å²) in [7, 11) is 0. The second kappa shape index (κ2) is 3.01. The molecule has 0 aliphatic heterocycles. The first-order valence-corrected chi connectivity index (χ1v) is 4.76. The lowest BCUT2D eigenvalue weighted by molar-refractivity contribution is 0.634. The molecule has 2 heterocycles. The number of fused-ring (bicyclic) bond motifs is 1. The van der Waals surface area contributed by atoms with Crippen LogP contribution in [0.3, 0.4) is 0 Å². The Bertz CT molecular complexity index is 437. The second-order valence-electron chi connectivity index (χ2n) is 4.49. The molecule has 0 aliphatic rings. The van der Waals surface area contributed by atoms with Gasteiger partial charge in [-0.2, -0.15) is 5.10 Å². The average Bonchev–Trinajstić information content (AvgIpc) is 2.47. The van der Waals surface area contributed by atoms with Crippen LogP contribution in [0.2, 0.25) is 0 Å². The summed E-state index contributed by atoms with van der Waals surface area (Å²) in [6.07, 6.45) is 3.76. The zero-order valence-electron chi connectivity index (χ0n) is 8.78. The highest BCUT2D eigenvalue weighted by Gasteiger charge is 2.09. The first-order chi connectivity index (χ1) is 6.54. The zero-order chi connectivity index (χ0) is 10.2. The number of hydrogen-bond acceptors (Lipinski definition) is 2. The van der Waals surface area contributed by atoms with Gasteiger partial charge in [-0.1, -0.05) is 0 Å². The Balaban J connectivity index is 2.35. The molecule has 1 N–H and O–H groups in total. The maximum Gasteiger partial charge on any atom is 0.0682 e. The molecule has 0 radical (unpaired) electrons. The molecule has 2 aromatic heterocycles. The lowest BCUT2D eigenvalue weighted by Gasteiger charge is -2.22. The average molecular weight is 189 g/mol. The van der Waals surface area contributed by atoms with E-state index in [0.29, 0.717) is 0 Å². The fourth-order valence-electron chi connectivity index (χ4n) is 1.43. The van der Waals surface area contributed by atoms with Gasteiger partial charge in [0.2, 0.25) is 0 Å². The Hall–Kier alpha value is -1.51. The number of hydrogen-bond donors (Lipinski definition) is 1. The number of nitrogens with one attached hydrogen (secondary N) is 1. The second-order valence-corrected chi connectivity index (χ2v) is 4.49. The highest BCUT2D eigenvalue weighted by Crippen LogP contribution is 2.16. The lowest BCUT2D eigenvalue weighted by atomic mass is 10.1. The fourth-order valence-corrected chi connectivity index (χ4v) is 1.43. The normalized spacial score (nSPS) is 11.9. The van der Waals surface area contributed by atoms with Crippen LogP contribution in [0.5, 0.6) is 0 Å². The standard InChI is InChI=1S/C11H15N3/c1-11(2,3)13-9-5-7-14-10(8-9)4-6-12-14/h4-8,13H,1-3H3. The van der Waals surface area contributed by atoms with Crippen molar-refractivity contribution in [1.29, 1.82) is 0 Å². The van der Waals surface area contributed by atoms with E-state index in [9.17, 15) is 0 Å². The van der Waals surface area contributed by atoms with Crippen LogP contribution in [-0.4, -0.2) is 15.2 Å². The van der Waals surface area contributed by atoms with Crippen molar-refractivity contribution in [2.45, 2.75) is 26.3 Å². The number of anilines is 1. The SMILES string of the molecule is CC(C)(C)Nc1ccn2nccc2c1. The smallest absolute Gasteiger partial charge is 0.0682 e. The first-order valence-electron chi connectivity index (χ1n) is 4.76. The van der Waals surface area contributed by atoms with Crippen molar-refractivity contribution in [2.75, 3.05) is 5.32 Å². The van der Waals surface area contributed by atoms with E-state index in [-0.39, 0.29) is 5.54 Å². The topological polar surface area (TPSA) is 29.3 Å². The van der Waals surface area contributed by atoms with Crippen LogP contribution in [0.4, 0.5) is 5.69 Å². The minimum absolute atomic E-state index is 0.0956. The van der Waals surface area contributed by atoms with E-state index < -0.39 is 0 Å². The molecule has 3 heteroatoms. The maximum absolute atomic E-state index is 4.15. The van der Waals surface area contributed by atoms with Crippen LogP contribution in [0.15, 0.2) is 30.6 Å². The van der Waals surface area contributed by atoms with E-state index in [4.69, 9.17) is 0 Å². The van der Waals surface area contributed by atoms with Crippen molar-refractivity contribution >= 4 is 11.2 Å². The molecule has 0 atom stereocenters. The third-order valence-electron chi connectivity index (χ3n) is 1.92. The highest BCUT2D eigenvalue weighted by atomic mass is 15.2. The summed E-state index contributed by atoms with van der Waals surface area (Å²) in [6, 6.07) is 6.12. The van der Waals surface area contributed by atoms with E-state index >= 15 is 0 Å². The van der Waals surface area contributed by atoms with Crippen molar-refractivity contribution in [3.05, 3.63) is 30.6 Å². The molecule has 0 bridgehead atoms. The summed E-state index contributed by atoms with van der Waals surface area (Å²) in [6.45, 7) is 6.44. The molecule has 0 spiro atoms. The molecule has 0 aliphatic carbocycles. The predicted molar refractivity (Wildman–Crippen MR) is 58.6 cm³/mol. The molecule has 2 rings (SSSR count). The van der Waals surface area contributed by atoms with Crippen LogP contribution in [-0.2, 0) is 0 Å². The number of rotatable bonds is 1. The monoisotopic (exact) mass is 189 g/mol. The molecule has 14 heavy (non-hydrogen) atoms. The molecular weight excluding hydrogens is 174 g/mol. The predicted octanol–water partition coefficient (Wildman–Crippen LogP) is 2.54. The minimum atomic E-state index is 0.0956. The Morgan fingerprint density at radius 2 is 2.07 bits per heavy atom. The molecule has 3 nitrogen and oxygen atoms in total. The van der Waals surface area contributed by atoms with Crippen LogP contribution in [0.25, 0.3) is 5.52 Å². The van der Waals surface area contributed by atoms with Gasteiger partial charge in [0.1, 0.15) is 0 Å². The molecule has 0 aromatic carbocycles. The van der Waals surface area contributed by atoms with Gasteiger partial charge in [0.15, 0.2) is 0 Å². The van der Waals surface area contributed by atoms with E-state index in [2.05, 4.69) is 37.3 Å². The van der Waals surface area contributed by atoms with Crippen LogP contribution >= 0.6 is 0 Å². The van der Waals surface area contributed by atoms with Gasteiger partial charge in [-0.3, -0.25) is 0 Å². The van der Waals surface area contributed by atoms with E-state index in [1.807, 2.05) is 22.8 Å². The van der Waals surface area contributed by atoms with Gasteiger partial charge in [-0.25, -0.2) is 4.52 Å². The summed E-state index contributed by atoms with van der Waals surface area (Å²) in [5, 5.41) is 7.57. The summed E-state index contributed by atoms with van der Waals surface area (Å²) < 4.78 is 1.86. The van der Waals surface area contributed by atoms with Gasteiger partial charge in [-0.15, -0.1) is 0 Å². The van der Waals surface area contributed by atoms with Crippen LogP contribution in [0, 0.1) is 0 Å². The van der Waals surface area contributed by atoms with Gasteiger partial charge in [0.05, 0.1) is 5.52 Å². The van der Waals surface area contributed by atoms with E-state index in [1.54, 1.807) is 6.20 Å². The number of aromatic nitrogens is 2.